The molecule has 0 aliphatic carbocycles. The van der Waals surface area contributed by atoms with Gasteiger partial charge in [-0.3, -0.25) is 0 Å². The monoisotopic (exact) mass is 367 g/mol. The fraction of sp³-hybridized carbons (Fsp3) is 0.235. The van der Waals surface area contributed by atoms with Crippen LogP contribution in [0, 0.1) is 5.82 Å². The molecule has 0 fully saturated rings. The number of ether oxygens (including phenoxy) is 1. The first-order chi connectivity index (χ1) is 11.8. The number of nitrogens with one attached hydrogen (secondary N) is 1. The fourth-order valence-electron chi connectivity index (χ4n) is 2.19. The Morgan fingerprint density at radius 1 is 1.16 bits per heavy atom. The van der Waals surface area contributed by atoms with E-state index in [9.17, 15) is 22.7 Å². The van der Waals surface area contributed by atoms with Gasteiger partial charge in [-0.25, -0.2) is 22.3 Å². The van der Waals surface area contributed by atoms with Crippen molar-refractivity contribution in [3.63, 3.8) is 0 Å². The molecule has 2 rings (SSSR count). The number of para-hydroxylation sites is 1. The molecule has 0 heterocycles. The average Bonchev–Trinajstić information content (AvgIpc) is 2.56. The number of aliphatic carboxylic acids is 1. The minimum Gasteiger partial charge on any atom is -0.479 e. The van der Waals surface area contributed by atoms with E-state index in [1.54, 1.807) is 18.2 Å². The molecule has 0 spiro atoms. The van der Waals surface area contributed by atoms with Gasteiger partial charge in [-0.05, 0) is 31.2 Å². The minimum absolute atomic E-state index is 0.0729. The van der Waals surface area contributed by atoms with E-state index in [-0.39, 0.29) is 17.1 Å². The van der Waals surface area contributed by atoms with Gasteiger partial charge >= 0.3 is 5.97 Å². The van der Waals surface area contributed by atoms with Crippen molar-refractivity contribution in [1.29, 1.82) is 0 Å². The van der Waals surface area contributed by atoms with Crippen LogP contribution in [-0.2, 0) is 14.8 Å². The predicted molar refractivity (Wildman–Crippen MR) is 89.3 cm³/mol. The summed E-state index contributed by atoms with van der Waals surface area (Å²) >= 11 is 0. The molecule has 0 saturated carbocycles. The zero-order chi connectivity index (χ0) is 18.4. The lowest BCUT2D eigenvalue weighted by Gasteiger charge is -2.20. The highest BCUT2D eigenvalue weighted by atomic mass is 32.2. The van der Waals surface area contributed by atoms with Gasteiger partial charge in [0.1, 0.15) is 0 Å². The maximum atomic E-state index is 13.6. The Labute approximate surface area is 145 Å². The van der Waals surface area contributed by atoms with E-state index in [0.717, 1.165) is 6.07 Å². The highest BCUT2D eigenvalue weighted by molar-refractivity contribution is 7.89. The highest BCUT2D eigenvalue weighted by Gasteiger charge is 2.26. The van der Waals surface area contributed by atoms with E-state index >= 15 is 0 Å². The van der Waals surface area contributed by atoms with Crippen molar-refractivity contribution in [3.05, 3.63) is 60.4 Å². The molecule has 0 amide bonds. The smallest absolute Gasteiger partial charge is 0.344 e. The maximum absolute atomic E-state index is 13.6. The van der Waals surface area contributed by atoms with E-state index in [0.29, 0.717) is 0 Å². The normalized spacial score (nSPS) is 13.8. The molecule has 2 atom stereocenters. The van der Waals surface area contributed by atoms with Crippen molar-refractivity contribution in [2.45, 2.75) is 30.4 Å². The average molecular weight is 367 g/mol. The number of sulfonamides is 1. The molecular weight excluding hydrogens is 349 g/mol. The first-order valence-electron chi connectivity index (χ1n) is 7.51. The van der Waals surface area contributed by atoms with E-state index in [2.05, 4.69) is 4.72 Å². The summed E-state index contributed by atoms with van der Waals surface area (Å²) in [7, 11) is -3.78. The Morgan fingerprint density at radius 3 is 2.36 bits per heavy atom. The molecule has 134 valence electrons. The number of rotatable bonds is 8. The lowest BCUT2D eigenvalue weighted by Crippen LogP contribution is -2.39. The zero-order valence-electron chi connectivity index (χ0n) is 13.4. The number of hydrogen-bond acceptors (Lipinski definition) is 4. The minimum atomic E-state index is -3.78. The van der Waals surface area contributed by atoms with Crippen molar-refractivity contribution in [2.75, 3.05) is 0 Å². The van der Waals surface area contributed by atoms with Crippen molar-refractivity contribution in [3.8, 4) is 5.75 Å². The quantitative estimate of drug-likeness (QED) is 0.747. The van der Waals surface area contributed by atoms with Gasteiger partial charge in [-0.2, -0.15) is 0 Å². The summed E-state index contributed by atoms with van der Waals surface area (Å²) in [5.74, 6) is -2.20. The summed E-state index contributed by atoms with van der Waals surface area (Å²) in [5.41, 5.74) is 0. The lowest BCUT2D eigenvalue weighted by atomic mass is 10.1. The van der Waals surface area contributed by atoms with Gasteiger partial charge in [0.2, 0.25) is 10.0 Å². The van der Waals surface area contributed by atoms with Gasteiger partial charge in [0, 0.05) is 12.5 Å². The Bertz CT molecular complexity index is 826. The van der Waals surface area contributed by atoms with Crippen LogP contribution >= 0.6 is 0 Å². The van der Waals surface area contributed by atoms with E-state index in [1.165, 1.54) is 37.3 Å². The summed E-state index contributed by atoms with van der Waals surface area (Å²) in [6.45, 7) is 1.52. The van der Waals surface area contributed by atoms with Crippen LogP contribution in [0.3, 0.4) is 0 Å². The van der Waals surface area contributed by atoms with Crippen LogP contribution in [0.15, 0.2) is 59.5 Å². The van der Waals surface area contributed by atoms with Crippen molar-refractivity contribution >= 4 is 16.0 Å². The molecular formula is C17H18FNO5S. The third-order valence-corrected chi connectivity index (χ3v) is 4.96. The zero-order valence-corrected chi connectivity index (χ0v) is 14.2. The number of benzene rings is 2. The number of carboxylic acid groups (broad SMARTS) is 1. The van der Waals surface area contributed by atoms with E-state index < -0.39 is 34.0 Å². The third kappa shape index (κ3) is 5.27. The summed E-state index contributed by atoms with van der Waals surface area (Å²) < 4.78 is 45.7. The first kappa shape index (κ1) is 18.9. The van der Waals surface area contributed by atoms with Gasteiger partial charge in [-0.15, -0.1) is 0 Å². The Hall–Kier alpha value is -2.45. The Balaban J connectivity index is 2.07. The van der Waals surface area contributed by atoms with E-state index in [4.69, 9.17) is 4.74 Å². The van der Waals surface area contributed by atoms with Crippen molar-refractivity contribution in [2.24, 2.45) is 0 Å². The summed E-state index contributed by atoms with van der Waals surface area (Å²) in [4.78, 5) is 11.4. The number of hydrogen-bond donors (Lipinski definition) is 2. The molecule has 0 aliphatic rings. The Morgan fingerprint density at radius 2 is 1.76 bits per heavy atom. The molecule has 2 unspecified atom stereocenters. The molecule has 2 aromatic rings. The molecule has 0 radical (unpaired) electrons. The van der Waals surface area contributed by atoms with Gasteiger partial charge in [0.25, 0.3) is 0 Å². The van der Waals surface area contributed by atoms with Crippen LogP contribution in [0.25, 0.3) is 0 Å². The molecule has 2 aromatic carbocycles. The van der Waals surface area contributed by atoms with Gasteiger partial charge in [0.05, 0.1) is 4.90 Å². The van der Waals surface area contributed by atoms with Gasteiger partial charge in [-0.1, -0.05) is 30.3 Å². The van der Waals surface area contributed by atoms with E-state index in [1.807, 2.05) is 0 Å². The molecule has 8 heteroatoms. The third-order valence-electron chi connectivity index (χ3n) is 3.36. The van der Waals surface area contributed by atoms with Gasteiger partial charge in [0.15, 0.2) is 17.7 Å². The Kier molecular flexibility index (Phi) is 6.11. The maximum Gasteiger partial charge on any atom is 0.344 e. The van der Waals surface area contributed by atoms with Crippen LogP contribution in [0.4, 0.5) is 4.39 Å². The second-order valence-electron chi connectivity index (χ2n) is 5.45. The number of halogens is 1. The lowest BCUT2D eigenvalue weighted by molar-refractivity contribution is -0.145. The molecule has 0 aromatic heterocycles. The molecule has 2 N–H and O–H groups in total. The summed E-state index contributed by atoms with van der Waals surface area (Å²) in [6.07, 6.45) is -1.57. The topological polar surface area (TPSA) is 92.7 Å². The van der Waals surface area contributed by atoms with Crippen molar-refractivity contribution < 1.29 is 27.4 Å². The highest BCUT2D eigenvalue weighted by Crippen LogP contribution is 2.19. The predicted octanol–water partition coefficient (Wildman–Crippen LogP) is 2.41. The number of carbonyl (C=O) groups is 1. The molecule has 25 heavy (non-hydrogen) atoms. The first-order valence-corrected chi connectivity index (χ1v) is 8.99. The fourth-order valence-corrected chi connectivity index (χ4v) is 3.47. The molecule has 6 nitrogen and oxygen atoms in total. The SMILES string of the molecule is CC(CC(Oc1ccccc1F)C(=O)O)NS(=O)(=O)c1ccccc1. The largest absolute Gasteiger partial charge is 0.479 e. The molecule has 0 bridgehead atoms. The second kappa shape index (κ2) is 8.09. The van der Waals surface area contributed by atoms with Crippen LogP contribution in [0.2, 0.25) is 0 Å². The van der Waals surface area contributed by atoms with Crippen LogP contribution in [-0.4, -0.2) is 31.6 Å². The van der Waals surface area contributed by atoms with Crippen molar-refractivity contribution in [1.82, 2.24) is 4.72 Å². The second-order valence-corrected chi connectivity index (χ2v) is 7.16. The van der Waals surface area contributed by atoms with Crippen LogP contribution < -0.4 is 9.46 Å². The summed E-state index contributed by atoms with van der Waals surface area (Å²) in [5, 5.41) is 9.27. The number of carboxylic acids is 1. The van der Waals surface area contributed by atoms with Crippen LogP contribution in [0.5, 0.6) is 5.75 Å². The standard InChI is InChI=1S/C17H18FNO5S/c1-12(19-25(22,23)13-7-3-2-4-8-13)11-16(17(20)21)24-15-10-6-5-9-14(15)18/h2-10,12,16,19H,11H2,1H3,(H,20,21). The molecule has 0 aliphatic heterocycles. The van der Waals surface area contributed by atoms with Gasteiger partial charge < -0.3 is 9.84 Å². The van der Waals surface area contributed by atoms with Crippen LogP contribution in [0.1, 0.15) is 13.3 Å². The molecule has 0 saturated heterocycles. The summed E-state index contributed by atoms with van der Waals surface area (Å²) in [6, 6.07) is 12.4.